The van der Waals surface area contributed by atoms with Crippen LogP contribution in [-0.4, -0.2) is 25.2 Å². The number of anilines is 1. The lowest BCUT2D eigenvalue weighted by atomic mass is 10.2. The molecule has 130 valence electrons. The van der Waals surface area contributed by atoms with Crippen LogP contribution < -0.4 is 5.32 Å². The molecule has 0 bridgehead atoms. The predicted octanol–water partition coefficient (Wildman–Crippen LogP) is 3.31. The van der Waals surface area contributed by atoms with Crippen LogP contribution in [0.1, 0.15) is 5.69 Å². The number of halogens is 1. The number of nitrogens with one attached hydrogen (secondary N) is 1. The molecule has 2 heterocycles. The van der Waals surface area contributed by atoms with Crippen LogP contribution in [-0.2, 0) is 11.3 Å². The van der Waals surface area contributed by atoms with Crippen molar-refractivity contribution in [2.75, 3.05) is 5.32 Å². The summed E-state index contributed by atoms with van der Waals surface area (Å²) in [6.45, 7) is 2.03. The van der Waals surface area contributed by atoms with Crippen LogP contribution in [0.25, 0.3) is 16.6 Å². The molecule has 0 spiro atoms. The number of hydrogen-bond acceptors (Lipinski definition) is 3. The normalized spacial score (nSPS) is 11.0. The molecule has 4 rings (SSSR count). The maximum absolute atomic E-state index is 14.3. The fourth-order valence-electron chi connectivity index (χ4n) is 3.04. The molecular formula is C19H16FN5O. The highest BCUT2D eigenvalue weighted by Gasteiger charge is 2.15. The minimum Gasteiger partial charge on any atom is -0.335 e. The minimum absolute atomic E-state index is 0.0807. The van der Waals surface area contributed by atoms with Crippen molar-refractivity contribution in [3.63, 3.8) is 0 Å². The average molecular weight is 349 g/mol. The van der Waals surface area contributed by atoms with E-state index < -0.39 is 5.82 Å². The Bertz CT molecular complexity index is 1080. The van der Waals surface area contributed by atoms with E-state index in [0.29, 0.717) is 5.69 Å². The van der Waals surface area contributed by atoms with Crippen LogP contribution in [0.5, 0.6) is 0 Å². The van der Waals surface area contributed by atoms with E-state index in [1.54, 1.807) is 12.1 Å². The molecule has 0 aliphatic heterocycles. The lowest BCUT2D eigenvalue weighted by molar-refractivity contribution is -0.116. The second-order valence-electron chi connectivity index (χ2n) is 5.95. The van der Waals surface area contributed by atoms with Gasteiger partial charge in [0.05, 0.1) is 5.69 Å². The molecule has 0 saturated carbocycles. The van der Waals surface area contributed by atoms with Gasteiger partial charge in [0.25, 0.3) is 0 Å². The number of amides is 1. The zero-order chi connectivity index (χ0) is 18.1. The summed E-state index contributed by atoms with van der Waals surface area (Å²) < 4.78 is 17.6. The van der Waals surface area contributed by atoms with Crippen molar-refractivity contribution in [2.45, 2.75) is 13.5 Å². The van der Waals surface area contributed by atoms with Gasteiger partial charge in [-0.15, -0.1) is 0 Å². The van der Waals surface area contributed by atoms with Crippen molar-refractivity contribution < 1.29 is 9.18 Å². The SMILES string of the molecule is Cc1cc2ccccc2n1CC(=O)Nc1c(F)cccc1-n1cncn1. The Kier molecular flexibility index (Phi) is 3.96. The van der Waals surface area contributed by atoms with Gasteiger partial charge >= 0.3 is 0 Å². The first kappa shape index (κ1) is 16.0. The topological polar surface area (TPSA) is 64.7 Å². The summed E-state index contributed by atoms with van der Waals surface area (Å²) >= 11 is 0. The van der Waals surface area contributed by atoms with Crippen LogP contribution in [0.3, 0.4) is 0 Å². The fourth-order valence-corrected chi connectivity index (χ4v) is 3.04. The predicted molar refractivity (Wildman–Crippen MR) is 96.6 cm³/mol. The highest BCUT2D eigenvalue weighted by molar-refractivity contribution is 5.94. The van der Waals surface area contributed by atoms with Gasteiger partial charge in [-0.2, -0.15) is 5.10 Å². The van der Waals surface area contributed by atoms with Crippen LogP contribution >= 0.6 is 0 Å². The molecule has 0 aliphatic rings. The molecule has 1 N–H and O–H groups in total. The Morgan fingerprint density at radius 2 is 2.04 bits per heavy atom. The number of carbonyl (C=O) groups is 1. The van der Waals surface area contributed by atoms with E-state index in [-0.39, 0.29) is 18.1 Å². The Balaban J connectivity index is 1.64. The number of aromatic nitrogens is 4. The standard InChI is InChI=1S/C19H16FN5O/c1-13-9-14-5-2-3-7-16(14)24(13)10-18(26)23-19-15(20)6-4-8-17(19)25-12-21-11-22-25/h2-9,11-12H,10H2,1H3,(H,23,26). The monoisotopic (exact) mass is 349 g/mol. The van der Waals surface area contributed by atoms with E-state index in [0.717, 1.165) is 16.6 Å². The number of fused-ring (bicyclic) bond motifs is 1. The molecule has 0 radical (unpaired) electrons. The highest BCUT2D eigenvalue weighted by atomic mass is 19.1. The Labute approximate surface area is 148 Å². The van der Waals surface area contributed by atoms with Crippen molar-refractivity contribution in [1.82, 2.24) is 19.3 Å². The van der Waals surface area contributed by atoms with E-state index >= 15 is 0 Å². The molecule has 4 aromatic rings. The van der Waals surface area contributed by atoms with Crippen LogP contribution in [0.15, 0.2) is 61.2 Å². The Morgan fingerprint density at radius 1 is 1.19 bits per heavy atom. The quantitative estimate of drug-likeness (QED) is 0.615. The van der Waals surface area contributed by atoms with Gasteiger partial charge in [-0.1, -0.05) is 24.3 Å². The molecule has 2 aromatic heterocycles. The van der Waals surface area contributed by atoms with Crippen molar-refractivity contribution in [3.05, 3.63) is 72.7 Å². The van der Waals surface area contributed by atoms with Gasteiger partial charge in [0.1, 0.15) is 30.7 Å². The van der Waals surface area contributed by atoms with E-state index in [4.69, 9.17) is 0 Å². The number of rotatable bonds is 4. The third kappa shape index (κ3) is 2.83. The molecule has 2 aromatic carbocycles. The molecule has 0 fully saturated rings. The first-order valence-corrected chi connectivity index (χ1v) is 8.12. The summed E-state index contributed by atoms with van der Waals surface area (Å²) in [5, 5.41) is 7.74. The molecule has 0 saturated heterocycles. The van der Waals surface area contributed by atoms with Crippen LogP contribution in [0.4, 0.5) is 10.1 Å². The van der Waals surface area contributed by atoms with Gasteiger partial charge in [-0.05, 0) is 36.6 Å². The van der Waals surface area contributed by atoms with E-state index in [1.807, 2.05) is 41.8 Å². The van der Waals surface area contributed by atoms with Gasteiger partial charge in [0.15, 0.2) is 0 Å². The third-order valence-corrected chi connectivity index (χ3v) is 4.24. The molecular weight excluding hydrogens is 333 g/mol. The Hall–Kier alpha value is -3.48. The third-order valence-electron chi connectivity index (χ3n) is 4.24. The van der Waals surface area contributed by atoms with Crippen molar-refractivity contribution in [3.8, 4) is 5.69 Å². The number of aryl methyl sites for hydroxylation is 1. The zero-order valence-corrected chi connectivity index (χ0v) is 14.1. The lowest BCUT2D eigenvalue weighted by Gasteiger charge is -2.13. The first-order chi connectivity index (χ1) is 12.6. The first-order valence-electron chi connectivity index (χ1n) is 8.12. The second kappa shape index (κ2) is 6.44. The zero-order valence-electron chi connectivity index (χ0n) is 14.1. The average Bonchev–Trinajstić information content (AvgIpc) is 3.26. The number of benzene rings is 2. The number of para-hydroxylation sites is 2. The van der Waals surface area contributed by atoms with Crippen molar-refractivity contribution >= 4 is 22.5 Å². The summed E-state index contributed by atoms with van der Waals surface area (Å²) in [6, 6.07) is 14.4. The van der Waals surface area contributed by atoms with Crippen LogP contribution in [0.2, 0.25) is 0 Å². The lowest BCUT2D eigenvalue weighted by Crippen LogP contribution is -2.21. The largest absolute Gasteiger partial charge is 0.335 e. The summed E-state index contributed by atoms with van der Waals surface area (Å²) in [6.07, 6.45) is 2.81. The van der Waals surface area contributed by atoms with E-state index in [2.05, 4.69) is 15.4 Å². The van der Waals surface area contributed by atoms with E-state index in [1.165, 1.54) is 23.4 Å². The minimum atomic E-state index is -0.527. The van der Waals surface area contributed by atoms with Gasteiger partial charge in [0, 0.05) is 11.2 Å². The summed E-state index contributed by atoms with van der Waals surface area (Å²) in [5.74, 6) is -0.846. The maximum Gasteiger partial charge on any atom is 0.244 e. The van der Waals surface area contributed by atoms with E-state index in [9.17, 15) is 9.18 Å². The molecule has 0 unspecified atom stereocenters. The van der Waals surface area contributed by atoms with Gasteiger partial charge in [-0.3, -0.25) is 4.79 Å². The van der Waals surface area contributed by atoms with Crippen molar-refractivity contribution in [2.24, 2.45) is 0 Å². The Morgan fingerprint density at radius 3 is 2.85 bits per heavy atom. The number of carbonyl (C=O) groups excluding carboxylic acids is 1. The molecule has 7 heteroatoms. The molecule has 0 atom stereocenters. The molecule has 0 aliphatic carbocycles. The summed E-state index contributed by atoms with van der Waals surface area (Å²) in [7, 11) is 0. The molecule has 26 heavy (non-hydrogen) atoms. The number of hydrogen-bond donors (Lipinski definition) is 1. The summed E-state index contributed by atoms with van der Waals surface area (Å²) in [4.78, 5) is 16.5. The molecule has 1 amide bonds. The van der Waals surface area contributed by atoms with Gasteiger partial charge < -0.3 is 9.88 Å². The number of nitrogens with zero attached hydrogens (tertiary/aromatic N) is 4. The fraction of sp³-hybridized carbons (Fsp3) is 0.105. The second-order valence-corrected chi connectivity index (χ2v) is 5.95. The van der Waals surface area contributed by atoms with Gasteiger partial charge in [0.2, 0.25) is 5.91 Å². The van der Waals surface area contributed by atoms with Crippen molar-refractivity contribution in [1.29, 1.82) is 0 Å². The summed E-state index contributed by atoms with van der Waals surface area (Å²) in [5.41, 5.74) is 2.43. The van der Waals surface area contributed by atoms with Gasteiger partial charge in [-0.25, -0.2) is 14.1 Å². The van der Waals surface area contributed by atoms with Crippen LogP contribution in [0, 0.1) is 12.7 Å². The maximum atomic E-state index is 14.3. The molecule has 6 nitrogen and oxygen atoms in total. The smallest absolute Gasteiger partial charge is 0.244 e. The highest BCUT2D eigenvalue weighted by Crippen LogP contribution is 2.24.